The van der Waals surface area contributed by atoms with Gasteiger partial charge >= 0.3 is 5.97 Å². The van der Waals surface area contributed by atoms with Gasteiger partial charge in [0.05, 0.1) is 21.2 Å². The number of benzene rings is 1. The fourth-order valence-electron chi connectivity index (χ4n) is 2.43. The van der Waals surface area contributed by atoms with Crippen LogP contribution in [-0.4, -0.2) is 53.6 Å². The summed E-state index contributed by atoms with van der Waals surface area (Å²) in [5.74, 6) is -1.22. The molecule has 0 bridgehead atoms. The van der Waals surface area contributed by atoms with Crippen LogP contribution >= 0.6 is 11.6 Å². The van der Waals surface area contributed by atoms with Gasteiger partial charge in [-0.15, -0.1) is 0 Å². The quantitative estimate of drug-likeness (QED) is 0.679. The number of carboxylic acids is 1. The molecule has 1 aliphatic rings. The molecule has 0 radical (unpaired) electrons. The van der Waals surface area contributed by atoms with Gasteiger partial charge in [-0.1, -0.05) is 11.6 Å². The van der Waals surface area contributed by atoms with E-state index in [9.17, 15) is 20.0 Å². The number of piperazine rings is 1. The second kappa shape index (κ2) is 5.87. The number of nitrogens with zero attached hydrogens (tertiary/aromatic N) is 3. The zero-order valence-corrected chi connectivity index (χ0v) is 12.5. The average Bonchev–Trinajstić information content (AvgIpc) is 2.41. The van der Waals surface area contributed by atoms with Gasteiger partial charge < -0.3 is 14.9 Å². The number of aromatic carboxylic acids is 1. The lowest BCUT2D eigenvalue weighted by Gasteiger charge is -2.39. The molecule has 0 aliphatic carbocycles. The first-order valence-electron chi connectivity index (χ1n) is 6.47. The Labute approximate surface area is 126 Å². The molecule has 2 rings (SSSR count). The number of hydrogen-bond donors (Lipinski definition) is 1. The summed E-state index contributed by atoms with van der Waals surface area (Å²) >= 11 is 6.12. The lowest BCUT2D eigenvalue weighted by Crippen LogP contribution is -2.50. The van der Waals surface area contributed by atoms with Crippen LogP contribution in [0.1, 0.15) is 17.3 Å². The Morgan fingerprint density at radius 1 is 1.48 bits per heavy atom. The minimum atomic E-state index is -1.22. The Morgan fingerprint density at radius 2 is 2.14 bits per heavy atom. The number of carbonyl (C=O) groups is 1. The Kier molecular flexibility index (Phi) is 4.34. The van der Waals surface area contributed by atoms with Gasteiger partial charge in [0, 0.05) is 37.8 Å². The molecule has 0 spiro atoms. The van der Waals surface area contributed by atoms with Crippen LogP contribution in [0.4, 0.5) is 11.4 Å². The maximum Gasteiger partial charge on any atom is 0.338 e. The van der Waals surface area contributed by atoms with Crippen molar-refractivity contribution in [2.24, 2.45) is 0 Å². The Bertz CT molecular complexity index is 593. The van der Waals surface area contributed by atoms with Gasteiger partial charge in [0.2, 0.25) is 0 Å². The molecule has 8 heteroatoms. The first-order chi connectivity index (χ1) is 9.81. The predicted octanol–water partition coefficient (Wildman–Crippen LogP) is 2.09. The summed E-state index contributed by atoms with van der Waals surface area (Å²) < 4.78 is 0. The molecule has 1 aliphatic heterocycles. The lowest BCUT2D eigenvalue weighted by atomic mass is 10.1. The molecule has 1 aromatic carbocycles. The number of nitro groups is 1. The van der Waals surface area contributed by atoms with Crippen molar-refractivity contribution in [2.45, 2.75) is 13.0 Å². The molecule has 1 fully saturated rings. The van der Waals surface area contributed by atoms with Crippen LogP contribution in [0.2, 0.25) is 5.02 Å². The van der Waals surface area contributed by atoms with Crippen molar-refractivity contribution in [3.05, 3.63) is 32.8 Å². The number of likely N-dealkylation sites (N-methyl/N-ethyl adjacent to an activating group) is 1. The highest BCUT2D eigenvalue weighted by molar-refractivity contribution is 6.34. The van der Waals surface area contributed by atoms with Crippen LogP contribution in [-0.2, 0) is 0 Å². The van der Waals surface area contributed by atoms with Crippen molar-refractivity contribution in [3.63, 3.8) is 0 Å². The molecule has 21 heavy (non-hydrogen) atoms. The SMILES string of the molecule is CC1CN(c2c(Cl)cc([N+](=O)[O-])cc2C(=O)O)CCN1C. The van der Waals surface area contributed by atoms with Gasteiger partial charge in [0.1, 0.15) is 0 Å². The summed E-state index contributed by atoms with van der Waals surface area (Å²) in [7, 11) is 2.00. The molecule has 0 aromatic heterocycles. The van der Waals surface area contributed by atoms with E-state index in [2.05, 4.69) is 4.90 Å². The smallest absolute Gasteiger partial charge is 0.338 e. The third-order valence-electron chi connectivity index (χ3n) is 3.77. The molecule has 1 atom stereocenters. The molecule has 1 heterocycles. The van der Waals surface area contributed by atoms with E-state index in [1.165, 1.54) is 6.07 Å². The minimum absolute atomic E-state index is 0.0957. The number of non-ortho nitro benzene ring substituents is 1. The molecular formula is C13H16ClN3O4. The summed E-state index contributed by atoms with van der Waals surface area (Å²) in [5.41, 5.74) is -0.0935. The van der Waals surface area contributed by atoms with Crippen LogP contribution in [0.15, 0.2) is 12.1 Å². The Balaban J connectivity index is 2.47. The first kappa shape index (κ1) is 15.5. The summed E-state index contributed by atoms with van der Waals surface area (Å²) in [5, 5.41) is 20.3. The number of rotatable bonds is 3. The predicted molar refractivity (Wildman–Crippen MR) is 79.4 cm³/mol. The molecule has 1 saturated heterocycles. The van der Waals surface area contributed by atoms with Crippen molar-refractivity contribution in [3.8, 4) is 0 Å². The first-order valence-corrected chi connectivity index (χ1v) is 6.85. The highest BCUT2D eigenvalue weighted by Crippen LogP contribution is 2.35. The zero-order chi connectivity index (χ0) is 15.7. The summed E-state index contributed by atoms with van der Waals surface area (Å²) in [6.45, 7) is 4.05. The Hall–Kier alpha value is -1.86. The largest absolute Gasteiger partial charge is 0.478 e. The van der Waals surface area contributed by atoms with Crippen molar-refractivity contribution in [2.75, 3.05) is 31.6 Å². The highest BCUT2D eigenvalue weighted by Gasteiger charge is 2.28. The van der Waals surface area contributed by atoms with Crippen molar-refractivity contribution in [1.82, 2.24) is 4.90 Å². The average molecular weight is 314 g/mol. The fraction of sp³-hybridized carbons (Fsp3) is 0.462. The van der Waals surface area contributed by atoms with E-state index < -0.39 is 10.9 Å². The molecule has 1 N–H and O–H groups in total. The van der Waals surface area contributed by atoms with E-state index in [1.54, 1.807) is 0 Å². The summed E-state index contributed by atoms with van der Waals surface area (Å²) in [4.78, 5) is 25.7. The number of hydrogen-bond acceptors (Lipinski definition) is 5. The highest BCUT2D eigenvalue weighted by atomic mass is 35.5. The number of anilines is 1. The van der Waals surface area contributed by atoms with Crippen molar-refractivity contribution >= 4 is 28.9 Å². The molecular weight excluding hydrogens is 298 g/mol. The van der Waals surface area contributed by atoms with Crippen LogP contribution in [0.3, 0.4) is 0 Å². The van der Waals surface area contributed by atoms with Gasteiger partial charge in [-0.05, 0) is 14.0 Å². The monoisotopic (exact) mass is 313 g/mol. The van der Waals surface area contributed by atoms with E-state index in [1.807, 2.05) is 18.9 Å². The fourth-order valence-corrected chi connectivity index (χ4v) is 2.76. The van der Waals surface area contributed by atoms with E-state index in [0.29, 0.717) is 18.8 Å². The van der Waals surface area contributed by atoms with E-state index in [4.69, 9.17) is 11.6 Å². The molecule has 0 saturated carbocycles. The third kappa shape index (κ3) is 3.08. The van der Waals surface area contributed by atoms with Crippen LogP contribution in [0.5, 0.6) is 0 Å². The maximum atomic E-state index is 11.4. The molecule has 1 unspecified atom stereocenters. The summed E-state index contributed by atoms with van der Waals surface area (Å²) in [6, 6.07) is 2.51. The van der Waals surface area contributed by atoms with Gasteiger partial charge in [0.25, 0.3) is 5.69 Å². The van der Waals surface area contributed by atoms with Gasteiger partial charge in [-0.3, -0.25) is 10.1 Å². The van der Waals surface area contributed by atoms with Gasteiger partial charge in [0.15, 0.2) is 0 Å². The van der Waals surface area contributed by atoms with Crippen molar-refractivity contribution in [1.29, 1.82) is 0 Å². The van der Waals surface area contributed by atoms with Gasteiger partial charge in [-0.25, -0.2) is 4.79 Å². The Morgan fingerprint density at radius 3 is 2.67 bits per heavy atom. The zero-order valence-electron chi connectivity index (χ0n) is 11.7. The van der Waals surface area contributed by atoms with Crippen LogP contribution in [0, 0.1) is 10.1 Å². The summed E-state index contributed by atoms with van der Waals surface area (Å²) in [6.07, 6.45) is 0. The van der Waals surface area contributed by atoms with Crippen LogP contribution in [0.25, 0.3) is 0 Å². The van der Waals surface area contributed by atoms with Crippen molar-refractivity contribution < 1.29 is 14.8 Å². The van der Waals surface area contributed by atoms with E-state index in [-0.39, 0.29) is 22.3 Å². The molecule has 7 nitrogen and oxygen atoms in total. The third-order valence-corrected chi connectivity index (χ3v) is 4.05. The lowest BCUT2D eigenvalue weighted by molar-refractivity contribution is -0.384. The maximum absolute atomic E-state index is 11.4. The number of carboxylic acid groups (broad SMARTS) is 1. The second-order valence-corrected chi connectivity index (χ2v) is 5.57. The normalized spacial score (nSPS) is 19.6. The standard InChI is InChI=1S/C13H16ClN3O4/c1-8-7-16(4-3-15(8)2)12-10(13(18)19)5-9(17(20)21)6-11(12)14/h5-6,8H,3-4,7H2,1-2H3,(H,18,19). The number of nitro benzene ring substituents is 1. The van der Waals surface area contributed by atoms with E-state index >= 15 is 0 Å². The van der Waals surface area contributed by atoms with Gasteiger partial charge in [-0.2, -0.15) is 0 Å². The second-order valence-electron chi connectivity index (χ2n) is 5.16. The minimum Gasteiger partial charge on any atom is -0.478 e. The molecule has 0 amide bonds. The topological polar surface area (TPSA) is 86.9 Å². The number of halogens is 1. The molecule has 1 aromatic rings. The molecule has 114 valence electrons. The van der Waals surface area contributed by atoms with Crippen LogP contribution < -0.4 is 4.90 Å². The van der Waals surface area contributed by atoms with E-state index in [0.717, 1.165) is 12.6 Å².